The van der Waals surface area contributed by atoms with Gasteiger partial charge in [0.25, 0.3) is 0 Å². The van der Waals surface area contributed by atoms with E-state index in [0.717, 1.165) is 25.8 Å². The quantitative estimate of drug-likeness (QED) is 0.459. The van der Waals surface area contributed by atoms with Crippen LogP contribution in [0.1, 0.15) is 66.8 Å². The summed E-state index contributed by atoms with van der Waals surface area (Å²) >= 11 is 0. The molecule has 0 spiro atoms. The van der Waals surface area contributed by atoms with Gasteiger partial charge in [0.1, 0.15) is 0 Å². The van der Waals surface area contributed by atoms with Crippen molar-refractivity contribution in [2.75, 3.05) is 6.54 Å². The normalized spacial score (nSPS) is 12.7. The lowest BCUT2D eigenvalue weighted by Gasteiger charge is -2.13. The minimum absolute atomic E-state index is 0.590. The number of rotatable bonds is 7. The second kappa shape index (κ2) is 8.31. The summed E-state index contributed by atoms with van der Waals surface area (Å²) in [7, 11) is 0. The van der Waals surface area contributed by atoms with E-state index in [-0.39, 0.29) is 0 Å². The van der Waals surface area contributed by atoms with Crippen molar-refractivity contribution in [3.63, 3.8) is 0 Å². The molecule has 0 fully saturated rings. The maximum Gasteiger partial charge on any atom is 0.0502 e. The number of nitrogens with two attached hydrogens (primary N) is 1. The van der Waals surface area contributed by atoms with Gasteiger partial charge < -0.3 is 10.7 Å². The minimum Gasteiger partial charge on any atom is -0.354 e. The molecule has 2 nitrogen and oxygen atoms in total. The summed E-state index contributed by atoms with van der Waals surface area (Å²) in [6, 6.07) is 11.6. The van der Waals surface area contributed by atoms with Gasteiger partial charge in [-0.05, 0) is 93.3 Å². The number of H-pyrrole nitrogens is 1. The molecule has 1 heterocycles. The summed E-state index contributed by atoms with van der Waals surface area (Å²) in [6.45, 7) is 12.0. The van der Waals surface area contributed by atoms with Crippen LogP contribution >= 0.6 is 0 Å². The Morgan fingerprint density at radius 3 is 2.33 bits per heavy atom. The number of nitrogens with one attached hydrogen (secondary N) is 1. The molecular formula is C25H34N2. The van der Waals surface area contributed by atoms with Crippen molar-refractivity contribution in [3.8, 4) is 11.3 Å². The van der Waals surface area contributed by atoms with Crippen LogP contribution in [-0.2, 0) is 6.42 Å². The van der Waals surface area contributed by atoms with Gasteiger partial charge in [-0.2, -0.15) is 0 Å². The van der Waals surface area contributed by atoms with E-state index >= 15 is 0 Å². The Morgan fingerprint density at radius 2 is 1.70 bits per heavy atom. The molecule has 0 bridgehead atoms. The van der Waals surface area contributed by atoms with E-state index in [9.17, 15) is 0 Å². The number of unbranched alkanes of at least 4 members (excludes halogenated alkanes) is 1. The first kappa shape index (κ1) is 19.7. The summed E-state index contributed by atoms with van der Waals surface area (Å²) in [4.78, 5) is 3.76. The Morgan fingerprint density at radius 1 is 1.00 bits per heavy atom. The van der Waals surface area contributed by atoms with Crippen molar-refractivity contribution in [2.24, 2.45) is 5.73 Å². The zero-order chi connectivity index (χ0) is 19.6. The molecule has 144 valence electrons. The van der Waals surface area contributed by atoms with Crippen LogP contribution in [0.3, 0.4) is 0 Å². The van der Waals surface area contributed by atoms with Gasteiger partial charge in [0.15, 0.2) is 0 Å². The van der Waals surface area contributed by atoms with Crippen LogP contribution in [0.5, 0.6) is 0 Å². The van der Waals surface area contributed by atoms with Gasteiger partial charge in [-0.15, -0.1) is 0 Å². The zero-order valence-corrected chi connectivity index (χ0v) is 17.6. The van der Waals surface area contributed by atoms with Crippen LogP contribution < -0.4 is 5.73 Å². The molecule has 27 heavy (non-hydrogen) atoms. The highest BCUT2D eigenvalue weighted by Crippen LogP contribution is 2.37. The lowest BCUT2D eigenvalue weighted by Crippen LogP contribution is -2.00. The van der Waals surface area contributed by atoms with Gasteiger partial charge in [-0.3, -0.25) is 0 Å². The molecule has 3 rings (SSSR count). The van der Waals surface area contributed by atoms with Gasteiger partial charge in [0, 0.05) is 16.5 Å². The van der Waals surface area contributed by atoms with Gasteiger partial charge in [0.05, 0.1) is 5.69 Å². The van der Waals surface area contributed by atoms with E-state index < -0.39 is 0 Å². The van der Waals surface area contributed by atoms with Gasteiger partial charge in [-0.1, -0.05) is 37.6 Å². The molecule has 0 aliphatic rings. The molecule has 0 aliphatic carbocycles. The van der Waals surface area contributed by atoms with E-state index in [0.29, 0.717) is 5.92 Å². The fourth-order valence-electron chi connectivity index (χ4n) is 4.30. The third-order valence-electron chi connectivity index (χ3n) is 5.92. The van der Waals surface area contributed by atoms with Crippen molar-refractivity contribution in [3.05, 3.63) is 58.1 Å². The van der Waals surface area contributed by atoms with Crippen LogP contribution in [0.25, 0.3) is 22.2 Å². The Hall–Kier alpha value is -2.06. The van der Waals surface area contributed by atoms with Crippen LogP contribution in [0.2, 0.25) is 0 Å². The highest BCUT2D eigenvalue weighted by atomic mass is 14.7. The first-order chi connectivity index (χ1) is 13.0. The number of hydrogen-bond donors (Lipinski definition) is 2. The van der Waals surface area contributed by atoms with Gasteiger partial charge >= 0.3 is 0 Å². The number of hydrogen-bond acceptors (Lipinski definition) is 1. The highest BCUT2D eigenvalue weighted by Gasteiger charge is 2.17. The predicted octanol–water partition coefficient (Wildman–Crippen LogP) is 6.56. The smallest absolute Gasteiger partial charge is 0.0502 e. The highest BCUT2D eigenvalue weighted by molar-refractivity contribution is 5.92. The number of fused-ring (bicyclic) bond motifs is 1. The Bertz CT molecular complexity index is 910. The number of aromatic nitrogens is 1. The molecule has 2 heteroatoms. The number of aromatic amines is 1. The maximum atomic E-state index is 5.77. The number of benzene rings is 2. The first-order valence-corrected chi connectivity index (χ1v) is 10.4. The third kappa shape index (κ3) is 3.96. The lowest BCUT2D eigenvalue weighted by molar-refractivity contribution is 0.734. The molecule has 3 N–H and O–H groups in total. The van der Waals surface area contributed by atoms with E-state index in [2.05, 4.69) is 69.9 Å². The Balaban J connectivity index is 2.21. The largest absolute Gasteiger partial charge is 0.354 e. The third-order valence-corrected chi connectivity index (χ3v) is 5.92. The van der Waals surface area contributed by atoms with Crippen LogP contribution in [-0.4, -0.2) is 11.5 Å². The summed E-state index contributed by atoms with van der Waals surface area (Å²) in [5, 5.41) is 1.39. The SMILES string of the molecule is CCC(C)c1ccc2[nH]c(-c3c(C)cc(C)cc3C)c(CCCCN)c2c1. The Labute approximate surface area is 164 Å². The lowest BCUT2D eigenvalue weighted by atomic mass is 9.92. The molecule has 1 aromatic heterocycles. The maximum absolute atomic E-state index is 5.77. The first-order valence-electron chi connectivity index (χ1n) is 10.4. The fraction of sp³-hybridized carbons (Fsp3) is 0.440. The topological polar surface area (TPSA) is 41.8 Å². The second-order valence-corrected chi connectivity index (χ2v) is 8.11. The molecule has 1 atom stereocenters. The summed E-state index contributed by atoms with van der Waals surface area (Å²) in [6.07, 6.45) is 4.45. The molecule has 1 unspecified atom stereocenters. The molecule has 0 saturated heterocycles. The van der Waals surface area contributed by atoms with Crippen molar-refractivity contribution in [2.45, 2.75) is 66.2 Å². The molecule has 0 saturated carbocycles. The average molecular weight is 363 g/mol. The monoisotopic (exact) mass is 362 g/mol. The van der Waals surface area contributed by atoms with Crippen LogP contribution in [0.15, 0.2) is 30.3 Å². The van der Waals surface area contributed by atoms with Crippen molar-refractivity contribution < 1.29 is 0 Å². The average Bonchev–Trinajstić information content (AvgIpc) is 2.98. The van der Waals surface area contributed by atoms with Gasteiger partial charge in [-0.25, -0.2) is 0 Å². The minimum atomic E-state index is 0.590. The zero-order valence-electron chi connectivity index (χ0n) is 17.6. The number of aryl methyl sites for hydroxylation is 4. The molecular weight excluding hydrogens is 328 g/mol. The van der Waals surface area contributed by atoms with Crippen molar-refractivity contribution >= 4 is 10.9 Å². The molecule has 0 aliphatic heterocycles. The predicted molar refractivity (Wildman–Crippen MR) is 119 cm³/mol. The standard InChI is InChI=1S/C25H34N2/c1-6-17(3)20-10-11-23-22(15-20)21(9-7-8-12-26)25(27-23)24-18(4)13-16(2)14-19(24)5/h10-11,13-15,17,27H,6-9,12,26H2,1-5H3. The van der Waals surface area contributed by atoms with Crippen LogP contribution in [0.4, 0.5) is 0 Å². The molecule has 0 amide bonds. The van der Waals surface area contributed by atoms with Crippen molar-refractivity contribution in [1.82, 2.24) is 4.98 Å². The van der Waals surface area contributed by atoms with E-state index in [1.807, 2.05) is 0 Å². The molecule has 2 aromatic carbocycles. The van der Waals surface area contributed by atoms with E-state index in [1.165, 1.54) is 56.4 Å². The Kier molecular flexibility index (Phi) is 6.06. The summed E-state index contributed by atoms with van der Waals surface area (Å²) < 4.78 is 0. The van der Waals surface area contributed by atoms with E-state index in [4.69, 9.17) is 5.73 Å². The summed E-state index contributed by atoms with van der Waals surface area (Å²) in [5.41, 5.74) is 16.6. The van der Waals surface area contributed by atoms with E-state index in [1.54, 1.807) is 0 Å². The molecule has 0 radical (unpaired) electrons. The van der Waals surface area contributed by atoms with Crippen LogP contribution in [0, 0.1) is 20.8 Å². The van der Waals surface area contributed by atoms with Gasteiger partial charge in [0.2, 0.25) is 0 Å². The van der Waals surface area contributed by atoms with Crippen molar-refractivity contribution in [1.29, 1.82) is 0 Å². The summed E-state index contributed by atoms with van der Waals surface area (Å²) in [5.74, 6) is 0.590. The second-order valence-electron chi connectivity index (χ2n) is 8.11. The fourth-order valence-corrected chi connectivity index (χ4v) is 4.30. The molecule has 3 aromatic rings.